The number of anilines is 1. The molecule has 20 heavy (non-hydrogen) atoms. The maximum atomic E-state index is 8.85. The minimum atomic E-state index is -0.971. The van der Waals surface area contributed by atoms with E-state index in [9.17, 15) is 0 Å². The van der Waals surface area contributed by atoms with Crippen LogP contribution in [0.5, 0.6) is 0 Å². The zero-order valence-corrected chi connectivity index (χ0v) is 11.8. The van der Waals surface area contributed by atoms with E-state index in [0.717, 1.165) is 31.6 Å². The van der Waals surface area contributed by atoms with Gasteiger partial charge in [0, 0.05) is 22.9 Å². The quantitative estimate of drug-likeness (QED) is 0.743. The number of ether oxygens (including phenoxy) is 1. The Morgan fingerprint density at radius 1 is 1.55 bits per heavy atom. The summed E-state index contributed by atoms with van der Waals surface area (Å²) in [4.78, 5) is 0. The van der Waals surface area contributed by atoms with Crippen LogP contribution in [0.1, 0.15) is 24.8 Å². The lowest BCUT2D eigenvalue weighted by molar-refractivity contribution is 0.0343. The minimum Gasteiger partial charge on any atom is -0.360 e. The lowest BCUT2D eigenvalue weighted by Gasteiger charge is -2.26. The first-order valence-corrected chi connectivity index (χ1v) is 6.91. The summed E-state index contributed by atoms with van der Waals surface area (Å²) in [7, 11) is 0. The monoisotopic (exact) mass is 292 g/mol. The molecule has 2 unspecified atom stereocenters. The van der Waals surface area contributed by atoms with Gasteiger partial charge in [-0.15, -0.1) is 0 Å². The minimum absolute atomic E-state index is 0.0494. The average Bonchev–Trinajstić information content (AvgIpc) is 2.48. The largest absolute Gasteiger partial charge is 0.360 e. The van der Waals surface area contributed by atoms with Crippen LogP contribution in [0.2, 0.25) is 5.02 Å². The lowest BCUT2D eigenvalue weighted by Crippen LogP contribution is -2.31. The third kappa shape index (κ3) is 3.48. The molecule has 0 spiro atoms. The van der Waals surface area contributed by atoms with Crippen LogP contribution in [-0.4, -0.2) is 24.6 Å². The van der Waals surface area contributed by atoms with Crippen LogP contribution >= 0.6 is 11.6 Å². The van der Waals surface area contributed by atoms with E-state index in [1.807, 2.05) is 6.07 Å². The predicted octanol–water partition coefficient (Wildman–Crippen LogP) is 2.50. The third-order valence-electron chi connectivity index (χ3n) is 3.22. The van der Waals surface area contributed by atoms with Gasteiger partial charge >= 0.3 is 0 Å². The van der Waals surface area contributed by atoms with Gasteiger partial charge in [-0.05, 0) is 37.5 Å². The van der Waals surface area contributed by atoms with E-state index in [4.69, 9.17) is 32.7 Å². The number of nitrogens with one attached hydrogen (secondary N) is 2. The molecule has 2 atom stereocenters. The first-order valence-electron chi connectivity index (χ1n) is 6.53. The van der Waals surface area contributed by atoms with Crippen molar-refractivity contribution in [3.8, 4) is 6.07 Å². The van der Waals surface area contributed by atoms with E-state index in [1.54, 1.807) is 18.2 Å². The number of hydrogen-bond donors (Lipinski definition) is 3. The molecule has 1 aromatic rings. The summed E-state index contributed by atoms with van der Waals surface area (Å²) in [6, 6.07) is 6.06. The van der Waals surface area contributed by atoms with Crippen LogP contribution in [0.15, 0.2) is 18.2 Å². The second-order valence-electron chi connectivity index (χ2n) is 4.71. The molecular formula is C14H17ClN4O. The molecule has 1 aromatic carbocycles. The van der Waals surface area contributed by atoms with Gasteiger partial charge in [0.1, 0.15) is 12.3 Å². The van der Waals surface area contributed by atoms with Crippen LogP contribution in [0.3, 0.4) is 0 Å². The van der Waals surface area contributed by atoms with E-state index >= 15 is 0 Å². The molecular weight excluding hydrogens is 276 g/mol. The van der Waals surface area contributed by atoms with E-state index < -0.39 is 6.04 Å². The molecule has 1 heterocycles. The van der Waals surface area contributed by atoms with Crippen molar-refractivity contribution in [2.45, 2.75) is 31.5 Å². The number of halogens is 1. The highest BCUT2D eigenvalue weighted by Crippen LogP contribution is 2.24. The van der Waals surface area contributed by atoms with Crippen LogP contribution in [0, 0.1) is 16.7 Å². The number of hydrogen-bond acceptors (Lipinski definition) is 5. The highest BCUT2D eigenvalue weighted by Gasteiger charge is 2.19. The second kappa shape index (κ2) is 6.71. The molecule has 1 saturated heterocycles. The smallest absolute Gasteiger partial charge is 0.135 e. The Kier molecular flexibility index (Phi) is 4.96. The zero-order valence-electron chi connectivity index (χ0n) is 11.0. The molecule has 0 aliphatic carbocycles. The van der Waals surface area contributed by atoms with Crippen molar-refractivity contribution >= 4 is 23.0 Å². The number of nitriles is 1. The summed E-state index contributed by atoms with van der Waals surface area (Å²) in [5.74, 6) is 0. The summed E-state index contributed by atoms with van der Waals surface area (Å²) < 4.78 is 5.62. The number of nitrogens with two attached hydrogens (primary N) is 1. The molecule has 0 aromatic heterocycles. The zero-order chi connectivity index (χ0) is 14.5. The molecule has 0 amide bonds. The van der Waals surface area contributed by atoms with Gasteiger partial charge in [-0.1, -0.05) is 11.6 Å². The van der Waals surface area contributed by atoms with E-state index in [-0.39, 0.29) is 11.9 Å². The fourth-order valence-electron chi connectivity index (χ4n) is 2.13. The standard InChI is InChI=1S/C14H17ClN4O/c15-9-4-5-12(19-13-3-1-2-6-20-13)10(7-9)14(18)11(17)8-16/h4-5,7,11,13,18-19H,1-3,6,17H2. The molecule has 2 rings (SSSR count). The van der Waals surface area contributed by atoms with Crippen molar-refractivity contribution in [3.63, 3.8) is 0 Å². The van der Waals surface area contributed by atoms with Crippen LogP contribution in [0.25, 0.3) is 0 Å². The number of nitrogens with zero attached hydrogens (tertiary/aromatic N) is 1. The van der Waals surface area contributed by atoms with Gasteiger partial charge in [0.15, 0.2) is 0 Å². The Morgan fingerprint density at radius 2 is 2.35 bits per heavy atom. The summed E-state index contributed by atoms with van der Waals surface area (Å²) >= 11 is 5.97. The van der Waals surface area contributed by atoms with Gasteiger partial charge in [0.05, 0.1) is 11.8 Å². The lowest BCUT2D eigenvalue weighted by atomic mass is 10.0. The first kappa shape index (κ1) is 14.8. The Morgan fingerprint density at radius 3 is 3.00 bits per heavy atom. The van der Waals surface area contributed by atoms with Crippen LogP contribution in [0.4, 0.5) is 5.69 Å². The fourth-order valence-corrected chi connectivity index (χ4v) is 2.30. The molecule has 6 heteroatoms. The van der Waals surface area contributed by atoms with Crippen molar-refractivity contribution in [3.05, 3.63) is 28.8 Å². The molecule has 0 radical (unpaired) electrons. The number of benzene rings is 1. The first-order chi connectivity index (χ1) is 9.61. The molecule has 0 saturated carbocycles. The molecule has 4 N–H and O–H groups in total. The van der Waals surface area contributed by atoms with Gasteiger partial charge in [-0.3, -0.25) is 0 Å². The summed E-state index contributed by atoms with van der Waals surface area (Å²) in [6.07, 6.45) is 3.02. The van der Waals surface area contributed by atoms with E-state index in [2.05, 4.69) is 5.32 Å². The summed E-state index contributed by atoms with van der Waals surface area (Å²) in [5.41, 5.74) is 6.92. The van der Waals surface area contributed by atoms with Crippen LogP contribution < -0.4 is 11.1 Å². The van der Waals surface area contributed by atoms with Gasteiger partial charge in [-0.2, -0.15) is 5.26 Å². The molecule has 1 aliphatic rings. The van der Waals surface area contributed by atoms with Gasteiger partial charge in [0.25, 0.3) is 0 Å². The maximum Gasteiger partial charge on any atom is 0.135 e. The van der Waals surface area contributed by atoms with Crippen molar-refractivity contribution < 1.29 is 4.74 Å². The van der Waals surface area contributed by atoms with Gasteiger partial charge in [0.2, 0.25) is 0 Å². The Bertz CT molecular complexity index is 534. The molecule has 1 fully saturated rings. The topological polar surface area (TPSA) is 94.9 Å². The summed E-state index contributed by atoms with van der Waals surface area (Å²) in [6.45, 7) is 0.732. The Labute approximate surface area is 123 Å². The predicted molar refractivity (Wildman–Crippen MR) is 79.1 cm³/mol. The SMILES string of the molecule is N#CC(N)C(=N)c1cc(Cl)ccc1NC1CCCCO1. The maximum absolute atomic E-state index is 8.85. The highest BCUT2D eigenvalue weighted by atomic mass is 35.5. The van der Waals surface area contributed by atoms with Gasteiger partial charge < -0.3 is 21.2 Å². The van der Waals surface area contributed by atoms with Gasteiger partial charge in [-0.25, -0.2) is 0 Å². The normalized spacial score (nSPS) is 19.9. The number of rotatable bonds is 4. The third-order valence-corrected chi connectivity index (χ3v) is 3.45. The van der Waals surface area contributed by atoms with Crippen molar-refractivity contribution in [1.82, 2.24) is 0 Å². The Hall–Kier alpha value is -1.61. The molecule has 1 aliphatic heterocycles. The summed E-state index contributed by atoms with van der Waals surface area (Å²) in [5, 5.41) is 20.6. The average molecular weight is 293 g/mol. The molecule has 0 bridgehead atoms. The van der Waals surface area contributed by atoms with Crippen molar-refractivity contribution in [2.75, 3.05) is 11.9 Å². The van der Waals surface area contributed by atoms with E-state index in [0.29, 0.717) is 10.6 Å². The van der Waals surface area contributed by atoms with Crippen molar-refractivity contribution in [2.24, 2.45) is 5.73 Å². The Balaban J connectivity index is 2.23. The second-order valence-corrected chi connectivity index (χ2v) is 5.15. The highest BCUT2D eigenvalue weighted by molar-refractivity contribution is 6.31. The molecule has 5 nitrogen and oxygen atoms in total. The van der Waals surface area contributed by atoms with Crippen molar-refractivity contribution in [1.29, 1.82) is 10.7 Å². The van der Waals surface area contributed by atoms with Crippen LogP contribution in [-0.2, 0) is 4.74 Å². The molecule has 106 valence electrons. The van der Waals surface area contributed by atoms with E-state index in [1.165, 1.54) is 0 Å². The fraction of sp³-hybridized carbons (Fsp3) is 0.429.